The number of hydrogen-bond acceptors (Lipinski definition) is 7. The maximum Gasteiger partial charge on any atom is 0.139 e. The Morgan fingerprint density at radius 1 is 1.05 bits per heavy atom. The second kappa shape index (κ2) is 11.3. The highest BCUT2D eigenvalue weighted by atomic mass is 35.5. The molecule has 0 amide bonds. The summed E-state index contributed by atoms with van der Waals surface area (Å²) in [7, 11) is 1.55. The molecule has 37 heavy (non-hydrogen) atoms. The van der Waals surface area contributed by atoms with Crippen LogP contribution < -0.4 is 10.1 Å². The molecule has 190 valence electrons. The van der Waals surface area contributed by atoms with Crippen molar-refractivity contribution in [1.29, 1.82) is 5.26 Å². The van der Waals surface area contributed by atoms with Crippen molar-refractivity contribution in [2.24, 2.45) is 0 Å². The zero-order valence-corrected chi connectivity index (χ0v) is 23.1. The van der Waals surface area contributed by atoms with E-state index in [2.05, 4.69) is 56.7 Å². The van der Waals surface area contributed by atoms with Crippen LogP contribution in [0.25, 0.3) is 22.0 Å². The van der Waals surface area contributed by atoms with Gasteiger partial charge in [0.1, 0.15) is 11.8 Å². The third kappa shape index (κ3) is 5.54. The van der Waals surface area contributed by atoms with Crippen LogP contribution in [0.1, 0.15) is 17.4 Å². The molecule has 0 unspecified atom stereocenters. The second-order valence-electron chi connectivity index (χ2n) is 8.99. The van der Waals surface area contributed by atoms with E-state index in [0.717, 1.165) is 55.7 Å². The number of thiophene rings is 1. The van der Waals surface area contributed by atoms with Crippen LogP contribution in [0.4, 0.5) is 11.4 Å². The Morgan fingerprint density at radius 3 is 2.57 bits per heavy atom. The summed E-state index contributed by atoms with van der Waals surface area (Å²) in [5.41, 5.74) is 4.73. The summed E-state index contributed by atoms with van der Waals surface area (Å²) in [6.07, 6.45) is 1.59. The molecule has 1 saturated heterocycles. The molecule has 1 aliphatic rings. The van der Waals surface area contributed by atoms with E-state index < -0.39 is 0 Å². The van der Waals surface area contributed by atoms with Crippen LogP contribution in [0.5, 0.6) is 5.75 Å². The lowest BCUT2D eigenvalue weighted by molar-refractivity contribution is 0.133. The van der Waals surface area contributed by atoms with E-state index in [0.29, 0.717) is 32.7 Å². The van der Waals surface area contributed by atoms with E-state index in [-0.39, 0.29) is 0 Å². The van der Waals surface area contributed by atoms with Gasteiger partial charge in [0.2, 0.25) is 0 Å². The molecule has 1 aliphatic heterocycles. The Balaban J connectivity index is 1.41. The fraction of sp³-hybridized carbons (Fsp3) is 0.286. The van der Waals surface area contributed by atoms with Crippen molar-refractivity contribution in [3.05, 3.63) is 68.5 Å². The van der Waals surface area contributed by atoms with Crippen LogP contribution in [-0.4, -0.2) is 54.6 Å². The Labute approximate surface area is 231 Å². The largest absolute Gasteiger partial charge is 0.495 e. The van der Waals surface area contributed by atoms with E-state index in [9.17, 15) is 5.26 Å². The highest BCUT2D eigenvalue weighted by Gasteiger charge is 2.17. The monoisotopic (exact) mass is 551 g/mol. The minimum atomic E-state index is 0.418. The Morgan fingerprint density at radius 2 is 1.84 bits per heavy atom. The molecular formula is C28H27Cl2N5OS. The molecule has 4 aromatic rings. The van der Waals surface area contributed by atoms with Crippen LogP contribution >= 0.6 is 34.5 Å². The smallest absolute Gasteiger partial charge is 0.139 e. The summed E-state index contributed by atoms with van der Waals surface area (Å²) >= 11 is 14.4. The van der Waals surface area contributed by atoms with Gasteiger partial charge in [-0.1, -0.05) is 42.3 Å². The number of rotatable bonds is 7. The summed E-state index contributed by atoms with van der Waals surface area (Å²) < 4.78 is 5.33. The second-order valence-corrected chi connectivity index (χ2v) is 10.8. The molecular weight excluding hydrogens is 525 g/mol. The van der Waals surface area contributed by atoms with E-state index in [1.807, 2.05) is 6.07 Å². The number of fused-ring (bicyclic) bond motifs is 1. The van der Waals surface area contributed by atoms with E-state index in [4.69, 9.17) is 27.9 Å². The molecule has 0 spiro atoms. The van der Waals surface area contributed by atoms with Crippen LogP contribution in [0.2, 0.25) is 10.0 Å². The molecule has 0 atom stereocenters. The van der Waals surface area contributed by atoms with Crippen LogP contribution in [0, 0.1) is 11.3 Å². The van der Waals surface area contributed by atoms with Crippen molar-refractivity contribution in [3.63, 3.8) is 0 Å². The van der Waals surface area contributed by atoms with Crippen molar-refractivity contribution in [2.75, 3.05) is 45.2 Å². The predicted octanol–water partition coefficient (Wildman–Crippen LogP) is 7.03. The topological polar surface area (TPSA) is 64.4 Å². The van der Waals surface area contributed by atoms with Gasteiger partial charge in [-0.05, 0) is 41.3 Å². The zero-order chi connectivity index (χ0) is 25.9. The fourth-order valence-corrected chi connectivity index (χ4v) is 6.05. The van der Waals surface area contributed by atoms with Crippen LogP contribution in [0.3, 0.4) is 0 Å². The average molecular weight is 553 g/mol. The van der Waals surface area contributed by atoms with Gasteiger partial charge in [-0.3, -0.25) is 9.88 Å². The predicted molar refractivity (Wildman–Crippen MR) is 153 cm³/mol. The summed E-state index contributed by atoms with van der Waals surface area (Å²) in [5.74, 6) is 0.494. The van der Waals surface area contributed by atoms with Crippen LogP contribution in [-0.2, 0) is 6.54 Å². The Kier molecular flexibility index (Phi) is 7.84. The minimum absolute atomic E-state index is 0.418. The first-order chi connectivity index (χ1) is 18.0. The number of methoxy groups -OCH3 is 1. The normalized spacial score (nSPS) is 14.6. The molecule has 3 heterocycles. The zero-order valence-electron chi connectivity index (χ0n) is 20.7. The number of halogens is 2. The lowest BCUT2D eigenvalue weighted by atomic mass is 10.0. The number of nitrogens with zero attached hydrogens (tertiary/aromatic N) is 4. The highest BCUT2D eigenvalue weighted by Crippen LogP contribution is 2.38. The van der Waals surface area contributed by atoms with E-state index in [1.54, 1.807) is 36.8 Å². The number of benzene rings is 2. The highest BCUT2D eigenvalue weighted by molar-refractivity contribution is 7.10. The van der Waals surface area contributed by atoms with E-state index >= 15 is 0 Å². The number of aromatic nitrogens is 1. The van der Waals surface area contributed by atoms with Gasteiger partial charge in [-0.2, -0.15) is 5.26 Å². The fourth-order valence-electron chi connectivity index (χ4n) is 4.61. The minimum Gasteiger partial charge on any atom is -0.495 e. The van der Waals surface area contributed by atoms with E-state index in [1.165, 1.54) is 10.4 Å². The molecule has 0 bridgehead atoms. The first-order valence-electron chi connectivity index (χ1n) is 12.1. The number of nitrogens with one attached hydrogen (secondary N) is 1. The Hall–Kier alpha value is -2.86. The van der Waals surface area contributed by atoms with Crippen molar-refractivity contribution in [1.82, 2.24) is 14.8 Å². The van der Waals surface area contributed by atoms with Gasteiger partial charge in [0.05, 0.1) is 39.6 Å². The first kappa shape index (κ1) is 25.8. The molecule has 0 radical (unpaired) electrons. The number of hydrogen-bond donors (Lipinski definition) is 1. The van der Waals surface area contributed by atoms with Crippen molar-refractivity contribution in [2.45, 2.75) is 13.5 Å². The molecule has 5 rings (SSSR count). The number of anilines is 2. The summed E-state index contributed by atoms with van der Waals surface area (Å²) in [6.45, 7) is 8.84. The van der Waals surface area contributed by atoms with Crippen LogP contribution in [0.15, 0.2) is 48.0 Å². The average Bonchev–Trinajstić information content (AvgIpc) is 3.38. The molecule has 9 heteroatoms. The third-order valence-electron chi connectivity index (χ3n) is 6.77. The maximum atomic E-state index is 9.75. The number of pyridine rings is 1. The van der Waals surface area contributed by atoms with Crippen molar-refractivity contribution in [3.8, 4) is 22.9 Å². The number of nitriles is 1. The quantitative estimate of drug-likeness (QED) is 0.266. The van der Waals surface area contributed by atoms with Gasteiger partial charge >= 0.3 is 0 Å². The molecule has 1 fully saturated rings. The number of ether oxygens (including phenoxy) is 1. The molecule has 6 nitrogen and oxygen atoms in total. The third-order valence-corrected chi connectivity index (χ3v) is 8.30. The standard InChI is InChI=1S/C28H27Cl2N5OS/c1-3-34-6-8-35(9-7-34)16-21-10-19(17-37-21)18-4-5-22-25(11-18)32-15-20(14-31)28(22)33-26-13-27(36-2)24(30)12-23(26)29/h4-5,10-13,15,17H,3,6-9,16H2,1-2H3,(H,32,33). The van der Waals surface area contributed by atoms with Gasteiger partial charge < -0.3 is 15.0 Å². The SMILES string of the molecule is CCN1CCN(Cc2cc(-c3ccc4c(Nc5cc(OC)c(Cl)cc5Cl)c(C#N)cnc4c3)cs2)CC1. The van der Waals surface area contributed by atoms with Gasteiger partial charge in [0, 0.05) is 55.3 Å². The van der Waals surface area contributed by atoms with Gasteiger partial charge in [-0.25, -0.2) is 0 Å². The molecule has 1 N–H and O–H groups in total. The maximum absolute atomic E-state index is 9.75. The summed E-state index contributed by atoms with van der Waals surface area (Å²) in [4.78, 5) is 11.0. The Bertz CT molecular complexity index is 1470. The summed E-state index contributed by atoms with van der Waals surface area (Å²) in [6, 6.07) is 14.0. The van der Waals surface area contributed by atoms with Gasteiger partial charge in [-0.15, -0.1) is 11.3 Å². The molecule has 0 saturated carbocycles. The summed E-state index contributed by atoms with van der Waals surface area (Å²) in [5, 5.41) is 17.0. The molecule has 2 aromatic heterocycles. The van der Waals surface area contributed by atoms with Gasteiger partial charge in [0.25, 0.3) is 0 Å². The number of likely N-dealkylation sites (N-methyl/N-ethyl adjacent to an activating group) is 1. The van der Waals surface area contributed by atoms with Crippen molar-refractivity contribution >= 4 is 56.8 Å². The number of piperazine rings is 1. The van der Waals surface area contributed by atoms with Gasteiger partial charge in [0.15, 0.2) is 0 Å². The lowest BCUT2D eigenvalue weighted by Crippen LogP contribution is -2.45. The molecule has 2 aromatic carbocycles. The lowest BCUT2D eigenvalue weighted by Gasteiger charge is -2.33. The molecule has 0 aliphatic carbocycles. The first-order valence-corrected chi connectivity index (χ1v) is 13.8. The van der Waals surface area contributed by atoms with Crippen molar-refractivity contribution < 1.29 is 4.74 Å².